The summed E-state index contributed by atoms with van der Waals surface area (Å²) < 4.78 is 0. The predicted octanol–water partition coefficient (Wildman–Crippen LogP) is 2.51. The first-order chi connectivity index (χ1) is 9.77. The summed E-state index contributed by atoms with van der Waals surface area (Å²) in [6.45, 7) is 3.07. The number of aromatic amines is 1. The van der Waals surface area contributed by atoms with Crippen molar-refractivity contribution in [1.29, 1.82) is 0 Å². The summed E-state index contributed by atoms with van der Waals surface area (Å²) in [5.74, 6) is 0. The van der Waals surface area contributed by atoms with Crippen LogP contribution in [0.3, 0.4) is 0 Å². The van der Waals surface area contributed by atoms with Gasteiger partial charge < -0.3 is 10.2 Å². The van der Waals surface area contributed by atoms with Gasteiger partial charge in [0.2, 0.25) is 0 Å². The first kappa shape index (κ1) is 14.8. The first-order valence-electron chi connectivity index (χ1n) is 7.20. The highest BCUT2D eigenvalue weighted by atomic mass is 15.1. The molecule has 0 aliphatic carbocycles. The molecule has 0 saturated carbocycles. The van der Waals surface area contributed by atoms with Crippen molar-refractivity contribution < 1.29 is 0 Å². The van der Waals surface area contributed by atoms with Gasteiger partial charge in [0, 0.05) is 12.1 Å². The molecule has 108 valence electrons. The summed E-state index contributed by atoms with van der Waals surface area (Å²) in [6.07, 6.45) is 4.35. The molecule has 0 fully saturated rings. The minimum atomic E-state index is 0.864. The Balaban J connectivity index is 1.78. The van der Waals surface area contributed by atoms with Gasteiger partial charge in [0.05, 0.1) is 11.9 Å². The number of nitrogens with one attached hydrogen (secondary N) is 2. The molecule has 20 heavy (non-hydrogen) atoms. The second-order valence-corrected chi connectivity index (χ2v) is 5.32. The maximum Gasteiger partial charge on any atom is 0.0695 e. The van der Waals surface area contributed by atoms with Gasteiger partial charge in [0.15, 0.2) is 0 Å². The van der Waals surface area contributed by atoms with E-state index in [1.165, 1.54) is 24.0 Å². The number of benzene rings is 1. The van der Waals surface area contributed by atoms with Crippen molar-refractivity contribution in [3.63, 3.8) is 0 Å². The summed E-state index contributed by atoms with van der Waals surface area (Å²) in [5.41, 5.74) is 3.53. The molecule has 4 heteroatoms. The molecule has 0 radical (unpaired) electrons. The van der Waals surface area contributed by atoms with Crippen LogP contribution in [0, 0.1) is 0 Å². The lowest BCUT2D eigenvalue weighted by atomic mass is 10.1. The number of unbranched alkanes of at least 4 members (excludes halogenated alkanes) is 1. The Hall–Kier alpha value is -1.65. The fourth-order valence-electron chi connectivity index (χ4n) is 2.20. The van der Waals surface area contributed by atoms with E-state index in [1.807, 2.05) is 12.3 Å². The molecule has 0 aliphatic heterocycles. The minimum absolute atomic E-state index is 0.864. The third-order valence-electron chi connectivity index (χ3n) is 3.30. The van der Waals surface area contributed by atoms with E-state index in [-0.39, 0.29) is 0 Å². The Bertz CT molecular complexity index is 490. The number of nitrogens with zero attached hydrogens (tertiary/aromatic N) is 2. The molecular weight excluding hydrogens is 248 g/mol. The van der Waals surface area contributed by atoms with Gasteiger partial charge in [-0.15, -0.1) is 0 Å². The van der Waals surface area contributed by atoms with E-state index >= 15 is 0 Å². The van der Waals surface area contributed by atoms with Gasteiger partial charge in [-0.25, -0.2) is 0 Å². The minimum Gasteiger partial charge on any atom is -0.313 e. The molecule has 0 spiro atoms. The van der Waals surface area contributed by atoms with E-state index in [4.69, 9.17) is 0 Å². The van der Waals surface area contributed by atoms with Crippen molar-refractivity contribution in [3.8, 4) is 11.3 Å². The molecular formula is C16H24N4. The summed E-state index contributed by atoms with van der Waals surface area (Å²) >= 11 is 0. The van der Waals surface area contributed by atoms with Gasteiger partial charge in [-0.05, 0) is 45.6 Å². The molecule has 1 aromatic heterocycles. The highest BCUT2D eigenvalue weighted by Gasteiger charge is 2.06. The molecule has 0 unspecified atom stereocenters. The largest absolute Gasteiger partial charge is 0.313 e. The van der Waals surface area contributed by atoms with Gasteiger partial charge in [-0.2, -0.15) is 5.10 Å². The van der Waals surface area contributed by atoms with Crippen LogP contribution in [-0.4, -0.2) is 42.3 Å². The van der Waals surface area contributed by atoms with Gasteiger partial charge >= 0.3 is 0 Å². The summed E-state index contributed by atoms with van der Waals surface area (Å²) in [7, 11) is 4.23. The maximum absolute atomic E-state index is 4.17. The van der Waals surface area contributed by atoms with E-state index in [9.17, 15) is 0 Å². The monoisotopic (exact) mass is 272 g/mol. The Labute approximate surface area is 121 Å². The van der Waals surface area contributed by atoms with Crippen LogP contribution >= 0.6 is 0 Å². The van der Waals surface area contributed by atoms with E-state index in [0.717, 1.165) is 25.3 Å². The van der Waals surface area contributed by atoms with Crippen molar-refractivity contribution >= 4 is 0 Å². The van der Waals surface area contributed by atoms with E-state index < -0.39 is 0 Å². The smallest absolute Gasteiger partial charge is 0.0695 e. The summed E-state index contributed by atoms with van der Waals surface area (Å²) in [5, 5.41) is 10.8. The highest BCUT2D eigenvalue weighted by Crippen LogP contribution is 2.20. The van der Waals surface area contributed by atoms with Crippen molar-refractivity contribution in [1.82, 2.24) is 20.4 Å². The molecule has 0 amide bonds. The van der Waals surface area contributed by atoms with Crippen molar-refractivity contribution in [2.45, 2.75) is 19.4 Å². The highest BCUT2D eigenvalue weighted by molar-refractivity contribution is 5.62. The zero-order valence-corrected chi connectivity index (χ0v) is 12.4. The van der Waals surface area contributed by atoms with Gasteiger partial charge in [0.1, 0.15) is 0 Å². The van der Waals surface area contributed by atoms with E-state index in [0.29, 0.717) is 0 Å². The standard InChI is InChI=1S/C16H24N4/c1-20(2)11-7-6-10-17-12-15-13-18-19-16(15)14-8-4-3-5-9-14/h3-5,8-9,13,17H,6-7,10-12H2,1-2H3,(H,18,19). The zero-order valence-electron chi connectivity index (χ0n) is 12.4. The van der Waals surface area contributed by atoms with Crippen LogP contribution in [0.25, 0.3) is 11.3 Å². The average Bonchev–Trinajstić information content (AvgIpc) is 2.92. The van der Waals surface area contributed by atoms with Crippen molar-refractivity contribution in [3.05, 3.63) is 42.1 Å². The van der Waals surface area contributed by atoms with Crippen LogP contribution in [0.4, 0.5) is 0 Å². The maximum atomic E-state index is 4.17. The number of hydrogen-bond donors (Lipinski definition) is 2. The fourth-order valence-corrected chi connectivity index (χ4v) is 2.20. The SMILES string of the molecule is CN(C)CCCCNCc1cn[nH]c1-c1ccccc1. The zero-order chi connectivity index (χ0) is 14.2. The Kier molecular flexibility index (Phi) is 5.77. The molecule has 2 aromatic rings. The van der Waals surface area contributed by atoms with Gasteiger partial charge in [-0.3, -0.25) is 5.10 Å². The third-order valence-corrected chi connectivity index (χ3v) is 3.30. The van der Waals surface area contributed by atoms with Gasteiger partial charge in [0.25, 0.3) is 0 Å². The number of rotatable bonds is 8. The van der Waals surface area contributed by atoms with Crippen LogP contribution in [0.1, 0.15) is 18.4 Å². The molecule has 4 nitrogen and oxygen atoms in total. The van der Waals surface area contributed by atoms with Crippen molar-refractivity contribution in [2.24, 2.45) is 0 Å². The quantitative estimate of drug-likeness (QED) is 0.726. The molecule has 1 heterocycles. The normalized spacial score (nSPS) is 11.2. The van der Waals surface area contributed by atoms with E-state index in [2.05, 4.69) is 58.8 Å². The Morgan fingerprint density at radius 1 is 1.15 bits per heavy atom. The molecule has 0 bridgehead atoms. The summed E-state index contributed by atoms with van der Waals surface area (Å²) in [4.78, 5) is 2.23. The van der Waals surface area contributed by atoms with Crippen LogP contribution in [0.2, 0.25) is 0 Å². The van der Waals surface area contributed by atoms with Crippen LogP contribution in [0.15, 0.2) is 36.5 Å². The van der Waals surface area contributed by atoms with Crippen molar-refractivity contribution in [2.75, 3.05) is 27.2 Å². The lowest BCUT2D eigenvalue weighted by Crippen LogP contribution is -2.18. The summed E-state index contributed by atoms with van der Waals surface area (Å²) in [6, 6.07) is 10.3. The van der Waals surface area contributed by atoms with Gasteiger partial charge in [-0.1, -0.05) is 30.3 Å². The van der Waals surface area contributed by atoms with Crippen LogP contribution in [-0.2, 0) is 6.54 Å². The number of aromatic nitrogens is 2. The first-order valence-corrected chi connectivity index (χ1v) is 7.20. The van der Waals surface area contributed by atoms with Crippen LogP contribution in [0.5, 0.6) is 0 Å². The lowest BCUT2D eigenvalue weighted by molar-refractivity contribution is 0.391. The topological polar surface area (TPSA) is 44.0 Å². The molecule has 2 N–H and O–H groups in total. The second kappa shape index (κ2) is 7.82. The predicted molar refractivity (Wildman–Crippen MR) is 83.5 cm³/mol. The Morgan fingerprint density at radius 3 is 2.70 bits per heavy atom. The van der Waals surface area contributed by atoms with E-state index in [1.54, 1.807) is 0 Å². The number of H-pyrrole nitrogens is 1. The fraction of sp³-hybridized carbons (Fsp3) is 0.438. The molecule has 0 atom stereocenters. The molecule has 0 saturated heterocycles. The molecule has 1 aromatic carbocycles. The molecule has 2 rings (SSSR count). The second-order valence-electron chi connectivity index (χ2n) is 5.32. The van der Waals surface area contributed by atoms with Crippen LogP contribution < -0.4 is 5.32 Å². The number of hydrogen-bond acceptors (Lipinski definition) is 3. The average molecular weight is 272 g/mol. The Morgan fingerprint density at radius 2 is 1.95 bits per heavy atom. The lowest BCUT2D eigenvalue weighted by Gasteiger charge is -2.09. The molecule has 0 aliphatic rings. The third kappa shape index (κ3) is 4.47.